The molecule has 0 bridgehead atoms. The highest BCUT2D eigenvalue weighted by Crippen LogP contribution is 2.54. The van der Waals surface area contributed by atoms with Crippen LogP contribution in [0.3, 0.4) is 0 Å². The number of hydrogen-bond donors (Lipinski definition) is 3. The first-order chi connectivity index (χ1) is 18.4. The van der Waals surface area contributed by atoms with Crippen molar-refractivity contribution in [2.24, 2.45) is 5.41 Å². The standard InChI is InChI=1S/C27H32N4O6S/c32-14-11-28-38(34,35)20-4-5-21(23(17-20)31-12-9-27(7-8-27)10-13-31)29-25(33)22-16-18-6-15-36-24(18)26(30-22)37-19-2-1-3-19/h4-6,15-17,19,28,32H,1-3,7-14H2,(H,29,33). The van der Waals surface area contributed by atoms with Crippen molar-refractivity contribution < 1.29 is 27.5 Å². The van der Waals surface area contributed by atoms with Gasteiger partial charge in [0.1, 0.15) is 11.8 Å². The summed E-state index contributed by atoms with van der Waals surface area (Å²) in [5.41, 5.74) is 2.31. The Morgan fingerprint density at radius 3 is 2.63 bits per heavy atom. The number of nitrogens with zero attached hydrogens (tertiary/aromatic N) is 2. The molecule has 1 amide bonds. The topological polar surface area (TPSA) is 134 Å². The van der Waals surface area contributed by atoms with E-state index in [4.69, 9.17) is 14.3 Å². The lowest BCUT2D eigenvalue weighted by Crippen LogP contribution is -2.35. The summed E-state index contributed by atoms with van der Waals surface area (Å²) in [5, 5.41) is 12.8. The molecule has 2 aromatic heterocycles. The van der Waals surface area contributed by atoms with E-state index in [0.717, 1.165) is 50.6 Å². The zero-order chi connectivity index (χ0) is 26.3. The Labute approximate surface area is 221 Å². The summed E-state index contributed by atoms with van der Waals surface area (Å²) in [4.78, 5) is 20.1. The van der Waals surface area contributed by atoms with Crippen LogP contribution in [0, 0.1) is 5.41 Å². The van der Waals surface area contributed by atoms with Crippen molar-refractivity contribution in [1.82, 2.24) is 9.71 Å². The van der Waals surface area contributed by atoms with Crippen LogP contribution in [0.25, 0.3) is 11.0 Å². The lowest BCUT2D eigenvalue weighted by molar-refractivity contribution is 0.101. The van der Waals surface area contributed by atoms with Gasteiger partial charge in [0, 0.05) is 25.0 Å². The lowest BCUT2D eigenvalue weighted by Gasteiger charge is -2.35. The fourth-order valence-electron chi connectivity index (χ4n) is 5.18. The molecule has 3 fully saturated rings. The highest BCUT2D eigenvalue weighted by molar-refractivity contribution is 7.89. The van der Waals surface area contributed by atoms with Crippen LogP contribution in [0.1, 0.15) is 55.4 Å². The second-order valence-corrected chi connectivity index (χ2v) is 12.3. The van der Waals surface area contributed by atoms with Crippen LogP contribution in [0.5, 0.6) is 5.88 Å². The second kappa shape index (κ2) is 9.87. The average Bonchev–Trinajstić information content (AvgIpc) is 3.46. The Morgan fingerprint density at radius 2 is 1.95 bits per heavy atom. The number of carbonyl (C=O) groups excluding carboxylic acids is 1. The lowest BCUT2D eigenvalue weighted by atomic mass is 9.93. The fourth-order valence-corrected chi connectivity index (χ4v) is 6.22. The molecule has 1 aromatic carbocycles. The second-order valence-electron chi connectivity index (χ2n) is 10.6. The number of nitrogens with one attached hydrogen (secondary N) is 2. The number of aromatic nitrogens is 1. The van der Waals surface area contributed by atoms with Crippen LogP contribution < -0.4 is 19.7 Å². The number of amides is 1. The van der Waals surface area contributed by atoms with Gasteiger partial charge in [-0.25, -0.2) is 18.1 Å². The van der Waals surface area contributed by atoms with Crippen LogP contribution in [0.4, 0.5) is 11.4 Å². The van der Waals surface area contributed by atoms with E-state index in [0.29, 0.717) is 28.3 Å². The molecule has 3 aromatic rings. The van der Waals surface area contributed by atoms with Gasteiger partial charge in [-0.05, 0) is 80.7 Å². The van der Waals surface area contributed by atoms with E-state index in [1.165, 1.54) is 18.9 Å². The van der Waals surface area contributed by atoms with Gasteiger partial charge in [-0.1, -0.05) is 0 Å². The highest BCUT2D eigenvalue weighted by atomic mass is 32.2. The van der Waals surface area contributed by atoms with E-state index in [9.17, 15) is 13.2 Å². The number of rotatable bonds is 9. The third-order valence-corrected chi connectivity index (χ3v) is 9.48. The van der Waals surface area contributed by atoms with Gasteiger partial charge in [0.05, 0.1) is 29.1 Å². The number of piperidine rings is 1. The maximum atomic E-state index is 13.4. The molecule has 2 aliphatic carbocycles. The van der Waals surface area contributed by atoms with Gasteiger partial charge in [0.2, 0.25) is 10.0 Å². The van der Waals surface area contributed by atoms with Crippen LogP contribution >= 0.6 is 0 Å². The molecule has 3 N–H and O–H groups in total. The number of anilines is 2. The zero-order valence-electron chi connectivity index (χ0n) is 21.1. The third-order valence-electron chi connectivity index (χ3n) is 8.02. The first-order valence-corrected chi connectivity index (χ1v) is 14.7. The number of aliphatic hydroxyl groups is 1. The molecule has 1 aliphatic heterocycles. The minimum absolute atomic E-state index is 0.0727. The molecular formula is C27H32N4O6S. The van der Waals surface area contributed by atoms with E-state index >= 15 is 0 Å². The van der Waals surface area contributed by atoms with E-state index < -0.39 is 15.9 Å². The normalized spacial score (nSPS) is 18.9. The zero-order valence-corrected chi connectivity index (χ0v) is 21.9. The van der Waals surface area contributed by atoms with Crippen molar-refractivity contribution in [2.75, 3.05) is 36.5 Å². The van der Waals surface area contributed by atoms with E-state index in [1.54, 1.807) is 30.5 Å². The summed E-state index contributed by atoms with van der Waals surface area (Å²) in [6.07, 6.45) is 9.20. The molecule has 38 heavy (non-hydrogen) atoms. The maximum absolute atomic E-state index is 13.4. The summed E-state index contributed by atoms with van der Waals surface area (Å²) >= 11 is 0. The Balaban J connectivity index is 1.30. The summed E-state index contributed by atoms with van der Waals surface area (Å²) < 4.78 is 39.5. The van der Waals surface area contributed by atoms with Crippen molar-refractivity contribution >= 4 is 38.3 Å². The largest absolute Gasteiger partial charge is 0.472 e. The van der Waals surface area contributed by atoms with Gasteiger partial charge in [0.25, 0.3) is 11.8 Å². The number of sulfonamides is 1. The highest BCUT2D eigenvalue weighted by Gasteiger charge is 2.44. The summed E-state index contributed by atoms with van der Waals surface area (Å²) in [6.45, 7) is 1.20. The van der Waals surface area contributed by atoms with Crippen molar-refractivity contribution in [3.63, 3.8) is 0 Å². The van der Waals surface area contributed by atoms with Gasteiger partial charge in [-0.2, -0.15) is 0 Å². The van der Waals surface area contributed by atoms with Crippen LogP contribution in [0.2, 0.25) is 0 Å². The van der Waals surface area contributed by atoms with E-state index in [2.05, 4.69) is 19.9 Å². The smallest absolute Gasteiger partial charge is 0.274 e. The number of carbonyl (C=O) groups is 1. The number of benzene rings is 1. The van der Waals surface area contributed by atoms with Gasteiger partial charge in [-0.3, -0.25) is 4.79 Å². The van der Waals surface area contributed by atoms with Gasteiger partial charge >= 0.3 is 0 Å². The fraction of sp³-hybridized carbons (Fsp3) is 0.481. The minimum Gasteiger partial charge on any atom is -0.472 e. The molecule has 2 saturated carbocycles. The first-order valence-electron chi connectivity index (χ1n) is 13.2. The Kier molecular flexibility index (Phi) is 6.53. The minimum atomic E-state index is -3.81. The van der Waals surface area contributed by atoms with Crippen LogP contribution in [0.15, 0.2) is 45.9 Å². The molecule has 6 rings (SSSR count). The first kappa shape index (κ1) is 25.1. The van der Waals surface area contributed by atoms with Gasteiger partial charge in [0.15, 0.2) is 5.58 Å². The maximum Gasteiger partial charge on any atom is 0.274 e. The van der Waals surface area contributed by atoms with Crippen LogP contribution in [-0.2, 0) is 10.0 Å². The molecule has 3 aliphatic rings. The molecule has 1 saturated heterocycles. The third kappa shape index (κ3) is 4.97. The number of furan rings is 1. The van der Waals surface area contributed by atoms with Crippen molar-refractivity contribution in [2.45, 2.75) is 55.9 Å². The molecule has 202 valence electrons. The van der Waals surface area contributed by atoms with Crippen molar-refractivity contribution in [1.29, 1.82) is 0 Å². The number of hydrogen-bond acceptors (Lipinski definition) is 8. The number of aliphatic hydroxyl groups excluding tert-OH is 1. The molecule has 0 atom stereocenters. The Hall–Kier alpha value is -3.15. The number of ether oxygens (including phenoxy) is 1. The number of pyridine rings is 1. The monoisotopic (exact) mass is 540 g/mol. The van der Waals surface area contributed by atoms with Crippen molar-refractivity contribution in [3.05, 3.63) is 42.3 Å². The van der Waals surface area contributed by atoms with E-state index in [1.807, 2.05) is 0 Å². The van der Waals surface area contributed by atoms with Crippen molar-refractivity contribution in [3.8, 4) is 5.88 Å². The molecule has 10 nitrogen and oxygen atoms in total. The molecule has 0 radical (unpaired) electrons. The predicted molar refractivity (Wildman–Crippen MR) is 142 cm³/mol. The van der Waals surface area contributed by atoms with E-state index in [-0.39, 0.29) is 29.8 Å². The Morgan fingerprint density at radius 1 is 1.16 bits per heavy atom. The summed E-state index contributed by atoms with van der Waals surface area (Å²) in [7, 11) is -3.81. The molecule has 11 heteroatoms. The van der Waals surface area contributed by atoms with Gasteiger partial charge in [-0.15, -0.1) is 0 Å². The average molecular weight is 541 g/mol. The molecule has 0 unspecified atom stereocenters. The quantitative estimate of drug-likeness (QED) is 0.374. The summed E-state index contributed by atoms with van der Waals surface area (Å²) in [6, 6.07) is 8.11. The molecule has 3 heterocycles. The van der Waals surface area contributed by atoms with Crippen LogP contribution in [-0.4, -0.2) is 56.8 Å². The molecular weight excluding hydrogens is 508 g/mol. The SMILES string of the molecule is O=C(Nc1ccc(S(=O)(=O)NCCO)cc1N1CCC2(CC1)CC2)c1cc2ccoc2c(OC2CCC2)n1. The predicted octanol–water partition coefficient (Wildman–Crippen LogP) is 3.66. The number of fused-ring (bicyclic) bond motifs is 1. The Bertz CT molecular complexity index is 1450. The molecule has 1 spiro atoms. The van der Waals surface area contributed by atoms with Gasteiger partial charge < -0.3 is 24.5 Å². The summed E-state index contributed by atoms with van der Waals surface area (Å²) in [5.74, 6) is -0.109.